The third kappa shape index (κ3) is 2.78. The third-order valence-corrected chi connectivity index (χ3v) is 2.37. The van der Waals surface area contributed by atoms with Crippen molar-refractivity contribution in [3.8, 4) is 5.75 Å². The van der Waals surface area contributed by atoms with Crippen molar-refractivity contribution in [1.82, 2.24) is 0 Å². The summed E-state index contributed by atoms with van der Waals surface area (Å²) in [6.45, 7) is 0. The number of benzene rings is 1. The predicted octanol–water partition coefficient (Wildman–Crippen LogP) is 2.50. The van der Waals surface area contributed by atoms with E-state index < -0.39 is 0 Å². The first kappa shape index (κ1) is 10.1. The zero-order valence-electron chi connectivity index (χ0n) is 8.41. The molecule has 0 heterocycles. The molecule has 2 nitrogen and oxygen atoms in total. The fourth-order valence-corrected chi connectivity index (χ4v) is 1.44. The molecule has 1 aliphatic carbocycles. The molecule has 3 heteroatoms. The van der Waals surface area contributed by atoms with E-state index in [9.17, 15) is 9.18 Å². The lowest BCUT2D eigenvalue weighted by molar-refractivity contribution is -0.107. The number of hydrogen-bond acceptors (Lipinski definition) is 2. The second-order valence-corrected chi connectivity index (χ2v) is 3.77. The van der Waals surface area contributed by atoms with Gasteiger partial charge in [0, 0.05) is 6.42 Å². The van der Waals surface area contributed by atoms with Crippen molar-refractivity contribution in [2.24, 2.45) is 0 Å². The van der Waals surface area contributed by atoms with Crippen molar-refractivity contribution >= 4 is 6.29 Å². The van der Waals surface area contributed by atoms with Gasteiger partial charge in [-0.05, 0) is 43.0 Å². The van der Waals surface area contributed by atoms with Crippen LogP contribution < -0.4 is 4.74 Å². The maximum absolute atomic E-state index is 13.0. The standard InChI is InChI=1S/C12H13FO2/c13-10-3-6-12(15-11-4-5-11)9(8-10)2-1-7-14/h3,6-8,11H,1-2,4-5H2. The Morgan fingerprint density at radius 3 is 2.93 bits per heavy atom. The number of carbonyl (C=O) groups excluding carboxylic acids is 1. The summed E-state index contributed by atoms with van der Waals surface area (Å²) in [5.41, 5.74) is 0.786. The van der Waals surface area contributed by atoms with Crippen LogP contribution in [0.3, 0.4) is 0 Å². The fraction of sp³-hybridized carbons (Fsp3) is 0.417. The van der Waals surface area contributed by atoms with Gasteiger partial charge in [-0.25, -0.2) is 4.39 Å². The fourth-order valence-electron chi connectivity index (χ4n) is 1.44. The van der Waals surface area contributed by atoms with E-state index in [0.717, 1.165) is 30.4 Å². The maximum atomic E-state index is 13.0. The van der Waals surface area contributed by atoms with Gasteiger partial charge in [0.2, 0.25) is 0 Å². The molecule has 0 radical (unpaired) electrons. The van der Waals surface area contributed by atoms with Crippen molar-refractivity contribution in [2.45, 2.75) is 31.8 Å². The van der Waals surface area contributed by atoms with Gasteiger partial charge in [0.1, 0.15) is 17.9 Å². The van der Waals surface area contributed by atoms with E-state index in [2.05, 4.69) is 0 Å². The Balaban J connectivity index is 2.13. The van der Waals surface area contributed by atoms with Crippen LogP contribution in [0.1, 0.15) is 24.8 Å². The topological polar surface area (TPSA) is 26.3 Å². The van der Waals surface area contributed by atoms with Crippen LogP contribution in [-0.4, -0.2) is 12.4 Å². The molecular weight excluding hydrogens is 195 g/mol. The minimum atomic E-state index is -0.279. The summed E-state index contributed by atoms with van der Waals surface area (Å²) in [7, 11) is 0. The molecule has 0 unspecified atom stereocenters. The number of aryl methyl sites for hydroxylation is 1. The molecule has 2 rings (SSSR count). The van der Waals surface area contributed by atoms with E-state index in [4.69, 9.17) is 4.74 Å². The second kappa shape index (κ2) is 4.43. The average molecular weight is 208 g/mol. The summed E-state index contributed by atoms with van der Waals surface area (Å²) in [5, 5.41) is 0. The highest BCUT2D eigenvalue weighted by molar-refractivity contribution is 5.51. The molecular formula is C12H13FO2. The Morgan fingerprint density at radius 1 is 1.47 bits per heavy atom. The molecule has 1 saturated carbocycles. The van der Waals surface area contributed by atoms with E-state index in [1.807, 2.05) is 0 Å². The molecule has 1 aromatic rings. The zero-order chi connectivity index (χ0) is 10.7. The van der Waals surface area contributed by atoms with Gasteiger partial charge in [0.25, 0.3) is 0 Å². The van der Waals surface area contributed by atoms with E-state index in [1.54, 1.807) is 6.07 Å². The van der Waals surface area contributed by atoms with Crippen LogP contribution in [0, 0.1) is 5.82 Å². The lowest BCUT2D eigenvalue weighted by Gasteiger charge is -2.09. The van der Waals surface area contributed by atoms with Gasteiger partial charge in [-0.3, -0.25) is 0 Å². The highest BCUT2D eigenvalue weighted by atomic mass is 19.1. The molecule has 80 valence electrons. The molecule has 0 amide bonds. The van der Waals surface area contributed by atoms with E-state index >= 15 is 0 Å². The number of halogens is 1. The molecule has 0 aliphatic heterocycles. The van der Waals surface area contributed by atoms with Crippen LogP contribution in [0.25, 0.3) is 0 Å². The highest BCUT2D eigenvalue weighted by Gasteiger charge is 2.24. The maximum Gasteiger partial charge on any atom is 0.123 e. The summed E-state index contributed by atoms with van der Waals surface area (Å²) in [5.74, 6) is 0.444. The van der Waals surface area contributed by atoms with Crippen LogP contribution in [0.4, 0.5) is 4.39 Å². The van der Waals surface area contributed by atoms with Crippen LogP contribution >= 0.6 is 0 Å². The number of aldehydes is 1. The largest absolute Gasteiger partial charge is 0.490 e. The minimum Gasteiger partial charge on any atom is -0.490 e. The Kier molecular flexibility index (Phi) is 2.99. The van der Waals surface area contributed by atoms with Crippen molar-refractivity contribution in [1.29, 1.82) is 0 Å². The number of rotatable bonds is 5. The third-order valence-electron chi connectivity index (χ3n) is 2.37. The Labute approximate surface area is 88.1 Å². The van der Waals surface area contributed by atoms with Crippen LogP contribution in [0.15, 0.2) is 18.2 Å². The first-order valence-corrected chi connectivity index (χ1v) is 5.18. The molecule has 0 aromatic heterocycles. The summed E-state index contributed by atoms with van der Waals surface area (Å²) < 4.78 is 18.6. The Morgan fingerprint density at radius 2 is 2.27 bits per heavy atom. The van der Waals surface area contributed by atoms with Gasteiger partial charge in [-0.15, -0.1) is 0 Å². The monoisotopic (exact) mass is 208 g/mol. The lowest BCUT2D eigenvalue weighted by Crippen LogP contribution is -2.00. The zero-order valence-corrected chi connectivity index (χ0v) is 8.41. The highest BCUT2D eigenvalue weighted by Crippen LogP contribution is 2.30. The Bertz CT molecular complexity index is 359. The van der Waals surface area contributed by atoms with Gasteiger partial charge >= 0.3 is 0 Å². The molecule has 0 saturated heterocycles. The predicted molar refractivity (Wildman–Crippen MR) is 54.4 cm³/mol. The number of hydrogen-bond donors (Lipinski definition) is 0. The van der Waals surface area contributed by atoms with Gasteiger partial charge in [0.15, 0.2) is 0 Å². The van der Waals surface area contributed by atoms with Gasteiger partial charge < -0.3 is 9.53 Å². The lowest BCUT2D eigenvalue weighted by atomic mass is 10.1. The molecule has 0 spiro atoms. The number of carbonyl (C=O) groups is 1. The van der Waals surface area contributed by atoms with E-state index in [0.29, 0.717) is 18.9 Å². The molecule has 1 fully saturated rings. The van der Waals surface area contributed by atoms with Gasteiger partial charge in [0.05, 0.1) is 6.10 Å². The minimum absolute atomic E-state index is 0.279. The van der Waals surface area contributed by atoms with Crippen LogP contribution in [-0.2, 0) is 11.2 Å². The van der Waals surface area contributed by atoms with Crippen molar-refractivity contribution < 1.29 is 13.9 Å². The smallest absolute Gasteiger partial charge is 0.123 e. The van der Waals surface area contributed by atoms with Gasteiger partial charge in [-0.2, -0.15) is 0 Å². The van der Waals surface area contributed by atoms with Crippen LogP contribution in [0.2, 0.25) is 0 Å². The van der Waals surface area contributed by atoms with Crippen molar-refractivity contribution in [2.75, 3.05) is 0 Å². The van der Waals surface area contributed by atoms with Crippen molar-refractivity contribution in [3.63, 3.8) is 0 Å². The summed E-state index contributed by atoms with van der Waals surface area (Å²) in [6.07, 6.45) is 4.24. The Hall–Kier alpha value is -1.38. The SMILES string of the molecule is O=CCCc1cc(F)ccc1OC1CC1. The summed E-state index contributed by atoms with van der Waals surface area (Å²) in [4.78, 5) is 10.3. The van der Waals surface area contributed by atoms with Crippen molar-refractivity contribution in [3.05, 3.63) is 29.6 Å². The summed E-state index contributed by atoms with van der Waals surface area (Å²) >= 11 is 0. The molecule has 1 aromatic carbocycles. The van der Waals surface area contributed by atoms with E-state index in [-0.39, 0.29) is 5.82 Å². The second-order valence-electron chi connectivity index (χ2n) is 3.77. The molecule has 15 heavy (non-hydrogen) atoms. The first-order chi connectivity index (χ1) is 7.29. The summed E-state index contributed by atoms with van der Waals surface area (Å²) in [6, 6.07) is 4.48. The molecule has 0 bridgehead atoms. The molecule has 0 atom stereocenters. The quantitative estimate of drug-likeness (QED) is 0.695. The molecule has 1 aliphatic rings. The van der Waals surface area contributed by atoms with Gasteiger partial charge in [-0.1, -0.05) is 0 Å². The molecule has 0 N–H and O–H groups in total. The normalized spacial score (nSPS) is 15.0. The number of ether oxygens (including phenoxy) is 1. The first-order valence-electron chi connectivity index (χ1n) is 5.18. The average Bonchev–Trinajstić information content (AvgIpc) is 3.02. The van der Waals surface area contributed by atoms with Crippen LogP contribution in [0.5, 0.6) is 5.75 Å². The van der Waals surface area contributed by atoms with E-state index in [1.165, 1.54) is 12.1 Å².